The van der Waals surface area contributed by atoms with E-state index in [0.29, 0.717) is 33.7 Å². The molecule has 0 unspecified atom stereocenters. The second-order valence-corrected chi connectivity index (χ2v) is 7.67. The minimum absolute atomic E-state index is 0.0362. The molecule has 0 heterocycles. The molecule has 0 bridgehead atoms. The Balaban J connectivity index is 1.74. The van der Waals surface area contributed by atoms with Crippen molar-refractivity contribution in [3.8, 4) is 11.5 Å². The molecule has 0 fully saturated rings. The van der Waals surface area contributed by atoms with Gasteiger partial charge in [-0.15, -0.1) is 0 Å². The lowest BCUT2D eigenvalue weighted by molar-refractivity contribution is 0.297. The molecule has 0 radical (unpaired) electrons. The molecule has 0 saturated heterocycles. The van der Waals surface area contributed by atoms with Crippen molar-refractivity contribution >= 4 is 44.8 Å². The fourth-order valence-electron chi connectivity index (χ4n) is 2.62. The Morgan fingerprint density at radius 2 is 1.79 bits per heavy atom. The highest BCUT2D eigenvalue weighted by Gasteiger charge is 2.11. The van der Waals surface area contributed by atoms with Crippen molar-refractivity contribution in [3.63, 3.8) is 0 Å². The molecule has 0 aromatic heterocycles. The van der Waals surface area contributed by atoms with Crippen LogP contribution in [0.3, 0.4) is 0 Å². The largest absolute Gasteiger partial charge is 0.495 e. The molecule has 28 heavy (non-hydrogen) atoms. The standard InChI is InChI=1S/C21H17BrCl2FNO2/c1-27-21-8-6-15(10-18(21)24)26-11-13-9-14(22)5-7-20(13)28-12-16-17(23)3-2-4-19(16)25/h2-10,26H,11-12H2,1H3. The van der Waals surface area contributed by atoms with Crippen molar-refractivity contribution in [1.29, 1.82) is 0 Å². The van der Waals surface area contributed by atoms with E-state index in [4.69, 9.17) is 32.7 Å². The molecule has 7 heteroatoms. The summed E-state index contributed by atoms with van der Waals surface area (Å²) in [6.07, 6.45) is 0. The van der Waals surface area contributed by atoms with Crippen LogP contribution in [0.4, 0.5) is 10.1 Å². The Morgan fingerprint density at radius 1 is 1.00 bits per heavy atom. The van der Waals surface area contributed by atoms with Crippen LogP contribution in [0, 0.1) is 5.82 Å². The lowest BCUT2D eigenvalue weighted by Gasteiger charge is -2.15. The Bertz CT molecular complexity index is 964. The molecule has 3 aromatic rings. The molecule has 3 rings (SSSR count). The first-order valence-electron chi connectivity index (χ1n) is 8.39. The van der Waals surface area contributed by atoms with Crippen LogP contribution in [0.1, 0.15) is 11.1 Å². The van der Waals surface area contributed by atoms with Gasteiger partial charge >= 0.3 is 0 Å². The van der Waals surface area contributed by atoms with Crippen molar-refractivity contribution in [1.82, 2.24) is 0 Å². The summed E-state index contributed by atoms with van der Waals surface area (Å²) in [6.45, 7) is 0.525. The predicted octanol–water partition coefficient (Wildman–Crippen LogP) is 7.09. The van der Waals surface area contributed by atoms with Crippen molar-refractivity contribution in [2.75, 3.05) is 12.4 Å². The zero-order valence-corrected chi connectivity index (χ0v) is 18.0. The van der Waals surface area contributed by atoms with Gasteiger partial charge in [-0.25, -0.2) is 4.39 Å². The van der Waals surface area contributed by atoms with Crippen LogP contribution in [-0.2, 0) is 13.2 Å². The van der Waals surface area contributed by atoms with E-state index in [1.165, 1.54) is 6.07 Å². The lowest BCUT2D eigenvalue weighted by atomic mass is 10.2. The first-order chi connectivity index (χ1) is 13.5. The summed E-state index contributed by atoms with van der Waals surface area (Å²) in [5.41, 5.74) is 2.07. The maximum Gasteiger partial charge on any atom is 0.137 e. The van der Waals surface area contributed by atoms with E-state index in [2.05, 4.69) is 21.2 Å². The van der Waals surface area contributed by atoms with Crippen LogP contribution in [0.5, 0.6) is 11.5 Å². The fourth-order valence-corrected chi connectivity index (χ4v) is 3.50. The number of anilines is 1. The second kappa shape index (κ2) is 9.50. The van der Waals surface area contributed by atoms with Crippen LogP contribution in [0.2, 0.25) is 10.0 Å². The van der Waals surface area contributed by atoms with Gasteiger partial charge in [0.05, 0.1) is 17.2 Å². The van der Waals surface area contributed by atoms with E-state index in [-0.39, 0.29) is 6.61 Å². The van der Waals surface area contributed by atoms with E-state index >= 15 is 0 Å². The van der Waals surface area contributed by atoms with Gasteiger partial charge in [0.15, 0.2) is 0 Å². The van der Waals surface area contributed by atoms with Crippen molar-refractivity contribution < 1.29 is 13.9 Å². The Hall–Kier alpha value is -1.95. The van der Waals surface area contributed by atoms with E-state index < -0.39 is 5.82 Å². The summed E-state index contributed by atoms with van der Waals surface area (Å²) in [7, 11) is 1.57. The monoisotopic (exact) mass is 483 g/mol. The minimum Gasteiger partial charge on any atom is -0.495 e. The van der Waals surface area contributed by atoms with Gasteiger partial charge < -0.3 is 14.8 Å². The van der Waals surface area contributed by atoms with Crippen molar-refractivity contribution in [3.05, 3.63) is 86.1 Å². The first-order valence-corrected chi connectivity index (χ1v) is 9.94. The molecule has 0 atom stereocenters. The third-order valence-electron chi connectivity index (χ3n) is 4.09. The summed E-state index contributed by atoms with van der Waals surface area (Å²) in [4.78, 5) is 0. The Kier molecular flexibility index (Phi) is 7.05. The van der Waals surface area contributed by atoms with E-state index in [0.717, 1.165) is 15.7 Å². The molecule has 3 nitrogen and oxygen atoms in total. The van der Waals surface area contributed by atoms with Crippen LogP contribution in [0.15, 0.2) is 59.1 Å². The normalized spacial score (nSPS) is 10.6. The van der Waals surface area contributed by atoms with Crippen LogP contribution < -0.4 is 14.8 Å². The van der Waals surface area contributed by atoms with Gasteiger partial charge in [0.1, 0.15) is 23.9 Å². The molecule has 0 spiro atoms. The highest BCUT2D eigenvalue weighted by Crippen LogP contribution is 2.30. The Labute approximate surface area is 181 Å². The molecule has 0 aliphatic heterocycles. The third kappa shape index (κ3) is 5.10. The van der Waals surface area contributed by atoms with E-state index in [1.54, 1.807) is 31.4 Å². The van der Waals surface area contributed by atoms with Gasteiger partial charge in [-0.05, 0) is 48.5 Å². The molecule has 0 amide bonds. The highest BCUT2D eigenvalue weighted by molar-refractivity contribution is 9.10. The van der Waals surface area contributed by atoms with Gasteiger partial charge in [-0.3, -0.25) is 0 Å². The first kappa shape index (κ1) is 20.8. The van der Waals surface area contributed by atoms with Gasteiger partial charge in [0.2, 0.25) is 0 Å². The summed E-state index contributed by atoms with van der Waals surface area (Å²) < 4.78 is 25.9. The van der Waals surface area contributed by atoms with Gasteiger partial charge in [-0.1, -0.05) is 45.2 Å². The topological polar surface area (TPSA) is 30.5 Å². The maximum atomic E-state index is 14.0. The second-order valence-electron chi connectivity index (χ2n) is 5.94. The molecule has 146 valence electrons. The fraction of sp³-hybridized carbons (Fsp3) is 0.143. The molecule has 3 aromatic carbocycles. The van der Waals surface area contributed by atoms with Gasteiger partial charge in [-0.2, -0.15) is 0 Å². The number of rotatable bonds is 7. The molecule has 0 saturated carbocycles. The smallest absolute Gasteiger partial charge is 0.137 e. The number of halogens is 4. The summed E-state index contributed by atoms with van der Waals surface area (Å²) >= 11 is 15.7. The summed E-state index contributed by atoms with van der Waals surface area (Å²) in [5.74, 6) is 0.854. The van der Waals surface area contributed by atoms with Gasteiger partial charge in [0, 0.05) is 27.8 Å². The number of benzene rings is 3. The number of nitrogens with one attached hydrogen (secondary N) is 1. The number of hydrogen-bond donors (Lipinski definition) is 1. The Morgan fingerprint density at radius 3 is 2.50 bits per heavy atom. The molecule has 0 aliphatic carbocycles. The number of hydrogen-bond acceptors (Lipinski definition) is 3. The average Bonchev–Trinajstić information content (AvgIpc) is 2.67. The predicted molar refractivity (Wildman–Crippen MR) is 115 cm³/mol. The van der Waals surface area contributed by atoms with Crippen LogP contribution in [0.25, 0.3) is 0 Å². The number of methoxy groups -OCH3 is 1. The highest BCUT2D eigenvalue weighted by atomic mass is 79.9. The van der Waals surface area contributed by atoms with Crippen LogP contribution >= 0.6 is 39.1 Å². The minimum atomic E-state index is -0.392. The average molecular weight is 485 g/mol. The van der Waals surface area contributed by atoms with Crippen LogP contribution in [-0.4, -0.2) is 7.11 Å². The summed E-state index contributed by atoms with van der Waals surface area (Å²) in [5, 5.41) is 4.16. The van der Waals surface area contributed by atoms with Crippen molar-refractivity contribution in [2.24, 2.45) is 0 Å². The third-order valence-corrected chi connectivity index (χ3v) is 5.23. The molecule has 0 aliphatic rings. The van der Waals surface area contributed by atoms with E-state index in [9.17, 15) is 4.39 Å². The SMILES string of the molecule is COc1ccc(NCc2cc(Br)ccc2OCc2c(F)cccc2Cl)cc1Cl. The zero-order valence-electron chi connectivity index (χ0n) is 14.9. The van der Waals surface area contributed by atoms with Crippen molar-refractivity contribution in [2.45, 2.75) is 13.2 Å². The molecular formula is C21H17BrCl2FNO2. The zero-order chi connectivity index (χ0) is 20.1. The molecule has 1 N–H and O–H groups in total. The summed E-state index contributed by atoms with van der Waals surface area (Å²) in [6, 6.07) is 15.7. The molecular weight excluding hydrogens is 468 g/mol. The van der Waals surface area contributed by atoms with Gasteiger partial charge in [0.25, 0.3) is 0 Å². The maximum absolute atomic E-state index is 14.0. The number of ether oxygens (including phenoxy) is 2. The lowest BCUT2D eigenvalue weighted by Crippen LogP contribution is -2.05. The quantitative estimate of drug-likeness (QED) is 0.388. The van der Waals surface area contributed by atoms with E-state index in [1.807, 2.05) is 24.3 Å².